The van der Waals surface area contributed by atoms with Crippen molar-refractivity contribution in [2.24, 2.45) is 7.05 Å². The topological polar surface area (TPSA) is 77.6 Å². The number of anilines is 2. The predicted octanol–water partition coefficient (Wildman–Crippen LogP) is 3.06. The molecule has 0 aliphatic heterocycles. The molecule has 3 heterocycles. The maximum atomic E-state index is 11.8. The van der Waals surface area contributed by atoms with Crippen LogP contribution in [-0.4, -0.2) is 24.5 Å². The van der Waals surface area contributed by atoms with Crippen molar-refractivity contribution in [2.45, 2.75) is 0 Å². The van der Waals surface area contributed by atoms with Crippen molar-refractivity contribution in [3.63, 3.8) is 0 Å². The van der Waals surface area contributed by atoms with Crippen LogP contribution in [0.1, 0.15) is 0 Å². The van der Waals surface area contributed by atoms with Crippen molar-refractivity contribution in [3.8, 4) is 5.82 Å². The molecular formula is C13H9Cl3N6O. The number of aryl methyl sites for hydroxylation is 1. The summed E-state index contributed by atoms with van der Waals surface area (Å²) in [5.41, 5.74) is 0.575. The molecule has 0 atom stereocenters. The number of pyridine rings is 1. The number of nitrogens with one attached hydrogen (secondary N) is 1. The van der Waals surface area contributed by atoms with E-state index in [2.05, 4.69) is 20.5 Å². The van der Waals surface area contributed by atoms with E-state index in [9.17, 15) is 4.79 Å². The molecule has 0 aromatic carbocycles. The summed E-state index contributed by atoms with van der Waals surface area (Å²) in [5, 5.41) is 11.9. The smallest absolute Gasteiger partial charge is 0.287 e. The van der Waals surface area contributed by atoms with Crippen LogP contribution in [0.5, 0.6) is 0 Å². The second-order valence-corrected chi connectivity index (χ2v) is 5.78. The highest BCUT2D eigenvalue weighted by Crippen LogP contribution is 2.24. The first-order valence-electron chi connectivity index (χ1n) is 6.30. The minimum Gasteiger partial charge on any atom is -0.350 e. The zero-order valence-corrected chi connectivity index (χ0v) is 13.9. The van der Waals surface area contributed by atoms with E-state index in [0.717, 1.165) is 4.68 Å². The third-order valence-corrected chi connectivity index (χ3v) is 3.80. The van der Waals surface area contributed by atoms with Gasteiger partial charge in [0.2, 0.25) is 0 Å². The Morgan fingerprint density at radius 2 is 1.91 bits per heavy atom. The molecule has 23 heavy (non-hydrogen) atoms. The van der Waals surface area contributed by atoms with E-state index in [-0.39, 0.29) is 5.02 Å². The summed E-state index contributed by atoms with van der Waals surface area (Å²) in [5.74, 6) is 0.428. The number of aromatic nitrogens is 5. The zero-order valence-electron chi connectivity index (χ0n) is 11.7. The molecule has 118 valence electrons. The van der Waals surface area contributed by atoms with Gasteiger partial charge in [0.1, 0.15) is 5.02 Å². The molecule has 0 radical (unpaired) electrons. The van der Waals surface area contributed by atoms with Crippen molar-refractivity contribution in [1.29, 1.82) is 0 Å². The van der Waals surface area contributed by atoms with Gasteiger partial charge in [0.25, 0.3) is 5.56 Å². The fourth-order valence-corrected chi connectivity index (χ4v) is 2.52. The van der Waals surface area contributed by atoms with Gasteiger partial charge in [-0.3, -0.25) is 4.79 Å². The summed E-state index contributed by atoms with van der Waals surface area (Å²) < 4.78 is 2.62. The lowest BCUT2D eigenvalue weighted by Crippen LogP contribution is -2.20. The minimum atomic E-state index is -0.397. The van der Waals surface area contributed by atoms with Gasteiger partial charge in [-0.15, -0.1) is 0 Å². The summed E-state index contributed by atoms with van der Waals surface area (Å²) in [6.45, 7) is 0. The average molecular weight is 372 g/mol. The number of hydrogen-bond donors (Lipinski definition) is 1. The van der Waals surface area contributed by atoms with Crippen LogP contribution in [0.4, 0.5) is 11.4 Å². The molecule has 3 aromatic rings. The summed E-state index contributed by atoms with van der Waals surface area (Å²) in [4.78, 5) is 15.9. The van der Waals surface area contributed by atoms with Crippen LogP contribution < -0.4 is 10.9 Å². The van der Waals surface area contributed by atoms with Gasteiger partial charge < -0.3 is 5.32 Å². The molecule has 0 aliphatic carbocycles. The summed E-state index contributed by atoms with van der Waals surface area (Å²) >= 11 is 17.9. The normalized spacial score (nSPS) is 10.8. The first-order chi connectivity index (χ1) is 11.0. The highest BCUT2D eigenvalue weighted by Gasteiger charge is 2.11. The highest BCUT2D eigenvalue weighted by molar-refractivity contribution is 6.35. The first-order valence-corrected chi connectivity index (χ1v) is 7.44. The largest absolute Gasteiger partial charge is 0.350 e. The molecule has 0 spiro atoms. The minimum absolute atomic E-state index is 0.0397. The second-order valence-electron chi connectivity index (χ2n) is 4.56. The maximum Gasteiger partial charge on any atom is 0.287 e. The number of hydrogen-bond acceptors (Lipinski definition) is 5. The van der Waals surface area contributed by atoms with Gasteiger partial charge in [-0.2, -0.15) is 10.2 Å². The lowest BCUT2D eigenvalue weighted by Gasteiger charge is -2.06. The third-order valence-electron chi connectivity index (χ3n) is 2.95. The van der Waals surface area contributed by atoms with Crippen molar-refractivity contribution in [1.82, 2.24) is 24.5 Å². The lowest BCUT2D eigenvalue weighted by atomic mass is 10.4. The zero-order chi connectivity index (χ0) is 16.6. The monoisotopic (exact) mass is 370 g/mol. The number of rotatable bonds is 3. The predicted molar refractivity (Wildman–Crippen MR) is 89.1 cm³/mol. The molecule has 0 aliphatic rings. The van der Waals surface area contributed by atoms with Crippen LogP contribution in [0.3, 0.4) is 0 Å². The molecule has 0 saturated heterocycles. The van der Waals surface area contributed by atoms with E-state index < -0.39 is 5.56 Å². The number of halogens is 3. The molecule has 10 heteroatoms. The molecule has 3 rings (SSSR count). The van der Waals surface area contributed by atoms with Gasteiger partial charge in [-0.05, 0) is 6.07 Å². The van der Waals surface area contributed by atoms with Crippen LogP contribution in [0, 0.1) is 0 Å². The number of nitrogens with zero attached hydrogens (tertiary/aromatic N) is 5. The van der Waals surface area contributed by atoms with Crippen molar-refractivity contribution >= 4 is 46.2 Å². The molecular weight excluding hydrogens is 363 g/mol. The Labute approximate surface area is 145 Å². The van der Waals surface area contributed by atoms with E-state index in [4.69, 9.17) is 34.8 Å². The molecule has 1 N–H and O–H groups in total. The molecule has 0 unspecified atom stereocenters. The van der Waals surface area contributed by atoms with Crippen LogP contribution in [0.25, 0.3) is 5.82 Å². The fraction of sp³-hybridized carbons (Fsp3) is 0.0769. The Balaban J connectivity index is 1.91. The lowest BCUT2D eigenvalue weighted by molar-refractivity contribution is 0.709. The van der Waals surface area contributed by atoms with Gasteiger partial charge in [-0.1, -0.05) is 34.8 Å². The molecule has 0 fully saturated rings. The van der Waals surface area contributed by atoms with E-state index in [0.29, 0.717) is 27.2 Å². The molecule has 0 bridgehead atoms. The Morgan fingerprint density at radius 1 is 1.13 bits per heavy atom. The van der Waals surface area contributed by atoms with Crippen LogP contribution in [0.2, 0.25) is 15.1 Å². The van der Waals surface area contributed by atoms with Gasteiger partial charge >= 0.3 is 0 Å². The highest BCUT2D eigenvalue weighted by atomic mass is 35.5. The molecule has 7 nitrogen and oxygen atoms in total. The van der Waals surface area contributed by atoms with Crippen LogP contribution in [-0.2, 0) is 7.05 Å². The van der Waals surface area contributed by atoms with E-state index in [1.807, 2.05) is 0 Å². The van der Waals surface area contributed by atoms with Crippen molar-refractivity contribution in [2.75, 3.05) is 5.32 Å². The summed E-state index contributed by atoms with van der Waals surface area (Å²) in [6.07, 6.45) is 6.12. The Kier molecular flexibility index (Phi) is 4.25. The summed E-state index contributed by atoms with van der Waals surface area (Å²) in [6, 6.07) is 1.57. The second kappa shape index (κ2) is 6.19. The van der Waals surface area contributed by atoms with Gasteiger partial charge in [0.05, 0.1) is 40.0 Å². The quantitative estimate of drug-likeness (QED) is 0.765. The van der Waals surface area contributed by atoms with Crippen molar-refractivity contribution in [3.05, 3.63) is 56.3 Å². The third kappa shape index (κ3) is 3.17. The first kappa shape index (κ1) is 15.8. The average Bonchev–Trinajstić information content (AvgIpc) is 2.96. The molecule has 3 aromatic heterocycles. The Bertz CT molecular complexity index is 936. The van der Waals surface area contributed by atoms with Crippen LogP contribution in [0.15, 0.2) is 35.6 Å². The van der Waals surface area contributed by atoms with Crippen LogP contribution >= 0.6 is 34.8 Å². The van der Waals surface area contributed by atoms with Gasteiger partial charge in [0.15, 0.2) is 5.82 Å². The van der Waals surface area contributed by atoms with E-state index in [1.54, 1.807) is 18.5 Å². The van der Waals surface area contributed by atoms with Gasteiger partial charge in [-0.25, -0.2) is 14.3 Å². The molecule has 0 amide bonds. The maximum absolute atomic E-state index is 11.8. The Hall–Kier alpha value is -2.09. The Morgan fingerprint density at radius 3 is 2.65 bits per heavy atom. The molecule has 0 saturated carbocycles. The standard InChI is InChI=1S/C13H9Cl3N6O/c1-21-13(23)11(16)10(5-18-21)20-8-4-19-22(6-8)12-9(15)2-7(14)3-17-12/h2-6,20H,1H3. The van der Waals surface area contributed by atoms with E-state index in [1.165, 1.54) is 24.1 Å². The SMILES string of the molecule is Cn1ncc(Nc2cnn(-c3ncc(Cl)cc3Cl)c2)c(Cl)c1=O. The van der Waals surface area contributed by atoms with Gasteiger partial charge in [0, 0.05) is 13.2 Å². The fourth-order valence-electron chi connectivity index (χ4n) is 1.83. The van der Waals surface area contributed by atoms with Crippen molar-refractivity contribution < 1.29 is 0 Å². The summed E-state index contributed by atoms with van der Waals surface area (Å²) in [7, 11) is 1.52. The van der Waals surface area contributed by atoms with E-state index >= 15 is 0 Å².